The molecule has 146 valence electrons. The van der Waals surface area contributed by atoms with Crippen molar-refractivity contribution in [2.75, 3.05) is 23.3 Å². The Balaban J connectivity index is 1.40. The van der Waals surface area contributed by atoms with Crippen LogP contribution in [-0.4, -0.2) is 24.0 Å². The topological polar surface area (TPSA) is 48.1 Å². The van der Waals surface area contributed by atoms with Crippen LogP contribution in [0.2, 0.25) is 0 Å². The van der Waals surface area contributed by atoms with Gasteiger partial charge in [-0.3, -0.25) is 4.79 Å². The van der Waals surface area contributed by atoms with E-state index >= 15 is 0 Å². The number of hydrogen-bond donors (Lipinski definition) is 2. The van der Waals surface area contributed by atoms with Gasteiger partial charge in [-0.05, 0) is 43.2 Å². The van der Waals surface area contributed by atoms with Crippen molar-refractivity contribution in [3.8, 4) is 0 Å². The molecule has 2 heterocycles. The van der Waals surface area contributed by atoms with Crippen molar-refractivity contribution in [2.45, 2.75) is 19.0 Å². The Hall–Kier alpha value is -2.96. The fraction of sp³-hybridized carbons (Fsp3) is 0.286. The van der Waals surface area contributed by atoms with Crippen LogP contribution in [0.15, 0.2) is 54.7 Å². The molecule has 2 N–H and O–H groups in total. The number of halogens is 3. The van der Waals surface area contributed by atoms with Crippen molar-refractivity contribution in [2.24, 2.45) is 5.92 Å². The molecular formula is C21H20F3N3O. The molecule has 0 saturated carbocycles. The Bertz CT molecular complexity index is 988. The number of anilines is 2. The number of amides is 1. The summed E-state index contributed by atoms with van der Waals surface area (Å²) in [6.45, 7) is 1.10. The summed E-state index contributed by atoms with van der Waals surface area (Å²) in [7, 11) is 0. The predicted octanol–water partition coefficient (Wildman–Crippen LogP) is 5.04. The fourth-order valence-electron chi connectivity index (χ4n) is 3.70. The van der Waals surface area contributed by atoms with Crippen molar-refractivity contribution >= 4 is 28.2 Å². The molecule has 1 aromatic heterocycles. The van der Waals surface area contributed by atoms with Crippen LogP contribution >= 0.6 is 0 Å². The lowest BCUT2D eigenvalue weighted by molar-refractivity contribution is -0.137. The van der Waals surface area contributed by atoms with E-state index in [2.05, 4.69) is 10.3 Å². The van der Waals surface area contributed by atoms with Crippen LogP contribution in [0.5, 0.6) is 0 Å². The number of H-pyrrole nitrogens is 1. The van der Waals surface area contributed by atoms with Crippen molar-refractivity contribution in [1.82, 2.24) is 4.98 Å². The number of aromatic nitrogens is 1. The second-order valence-electron chi connectivity index (χ2n) is 7.05. The summed E-state index contributed by atoms with van der Waals surface area (Å²) >= 11 is 0. The molecule has 4 nitrogen and oxygen atoms in total. The first-order valence-corrected chi connectivity index (χ1v) is 9.21. The van der Waals surface area contributed by atoms with Gasteiger partial charge in [0.1, 0.15) is 0 Å². The monoisotopic (exact) mass is 387 g/mol. The zero-order chi connectivity index (χ0) is 19.7. The third-order valence-electron chi connectivity index (χ3n) is 5.25. The van der Waals surface area contributed by atoms with Gasteiger partial charge < -0.3 is 15.2 Å². The average Bonchev–Trinajstić information content (AvgIpc) is 3.17. The van der Waals surface area contributed by atoms with Gasteiger partial charge in [-0.2, -0.15) is 13.2 Å². The van der Waals surface area contributed by atoms with Gasteiger partial charge in [-0.1, -0.05) is 18.2 Å². The number of fused-ring (bicyclic) bond motifs is 1. The van der Waals surface area contributed by atoms with Crippen molar-refractivity contribution < 1.29 is 18.0 Å². The largest absolute Gasteiger partial charge is 0.416 e. The molecule has 7 heteroatoms. The first-order chi connectivity index (χ1) is 13.4. The number of piperidine rings is 1. The third-order valence-corrected chi connectivity index (χ3v) is 5.25. The maximum Gasteiger partial charge on any atom is 0.416 e. The van der Waals surface area contributed by atoms with Crippen molar-refractivity contribution in [3.63, 3.8) is 0 Å². The molecule has 0 unspecified atom stereocenters. The van der Waals surface area contributed by atoms with Gasteiger partial charge in [0.2, 0.25) is 5.91 Å². The maximum absolute atomic E-state index is 12.9. The standard InChI is InChI=1S/C21H20F3N3O/c22-21(23,24)16-4-2-5-17(13-16)27-11-8-15(9-12-27)20(28)26-18-6-1-3-14-7-10-25-19(14)18/h1-7,10,13,15,25H,8-9,11-12H2,(H,26,28). The fourth-order valence-corrected chi connectivity index (χ4v) is 3.70. The van der Waals surface area contributed by atoms with Crippen LogP contribution in [0, 0.1) is 5.92 Å². The first-order valence-electron chi connectivity index (χ1n) is 9.21. The van der Waals surface area contributed by atoms with E-state index in [1.54, 1.807) is 6.07 Å². The quantitative estimate of drug-likeness (QED) is 0.661. The molecule has 0 aliphatic carbocycles. The van der Waals surface area contributed by atoms with Gasteiger partial charge in [0.25, 0.3) is 0 Å². The van der Waals surface area contributed by atoms with Gasteiger partial charge in [-0.15, -0.1) is 0 Å². The number of nitrogens with one attached hydrogen (secondary N) is 2. The summed E-state index contributed by atoms with van der Waals surface area (Å²) < 4.78 is 38.8. The smallest absolute Gasteiger partial charge is 0.371 e. The zero-order valence-corrected chi connectivity index (χ0v) is 15.1. The van der Waals surface area contributed by atoms with Crippen LogP contribution < -0.4 is 10.2 Å². The molecule has 28 heavy (non-hydrogen) atoms. The Morgan fingerprint density at radius 1 is 1.07 bits per heavy atom. The predicted molar refractivity (Wildman–Crippen MR) is 103 cm³/mol. The summed E-state index contributed by atoms with van der Waals surface area (Å²) in [5.74, 6) is -0.210. The van der Waals surface area contributed by atoms with Crippen LogP contribution in [0.1, 0.15) is 18.4 Å². The molecule has 1 aliphatic heterocycles. The Kier molecular flexibility index (Phi) is 4.75. The van der Waals surface area contributed by atoms with Gasteiger partial charge >= 0.3 is 6.18 Å². The normalized spacial score (nSPS) is 15.8. The Labute approximate surface area is 160 Å². The lowest BCUT2D eigenvalue weighted by Gasteiger charge is -2.33. The number of rotatable bonds is 3. The highest BCUT2D eigenvalue weighted by Crippen LogP contribution is 2.33. The molecule has 0 radical (unpaired) electrons. The minimum Gasteiger partial charge on any atom is -0.371 e. The maximum atomic E-state index is 12.9. The summed E-state index contributed by atoms with van der Waals surface area (Å²) in [5, 5.41) is 4.01. The number of para-hydroxylation sites is 1. The highest BCUT2D eigenvalue weighted by Gasteiger charge is 2.31. The van der Waals surface area contributed by atoms with Crippen LogP contribution in [0.25, 0.3) is 10.9 Å². The number of carbonyl (C=O) groups excluding carboxylic acids is 1. The highest BCUT2D eigenvalue weighted by atomic mass is 19.4. The average molecular weight is 387 g/mol. The molecule has 0 bridgehead atoms. The molecule has 3 aromatic rings. The highest BCUT2D eigenvalue weighted by molar-refractivity contribution is 6.01. The lowest BCUT2D eigenvalue weighted by atomic mass is 9.95. The second-order valence-corrected chi connectivity index (χ2v) is 7.05. The van der Waals surface area contributed by atoms with Crippen LogP contribution in [-0.2, 0) is 11.0 Å². The zero-order valence-electron chi connectivity index (χ0n) is 15.1. The van der Waals surface area contributed by atoms with E-state index < -0.39 is 11.7 Å². The van der Waals surface area contributed by atoms with E-state index in [1.807, 2.05) is 35.4 Å². The number of carbonyl (C=O) groups is 1. The Morgan fingerprint density at radius 2 is 1.82 bits per heavy atom. The van der Waals surface area contributed by atoms with Gasteiger partial charge in [0.05, 0.1) is 16.8 Å². The summed E-state index contributed by atoms with van der Waals surface area (Å²) in [4.78, 5) is 17.7. The molecule has 4 rings (SSSR count). The number of hydrogen-bond acceptors (Lipinski definition) is 2. The number of benzene rings is 2. The molecule has 1 amide bonds. The molecule has 1 fully saturated rings. The number of nitrogens with zero attached hydrogens (tertiary/aromatic N) is 1. The molecule has 0 spiro atoms. The van der Waals surface area contributed by atoms with E-state index in [4.69, 9.17) is 0 Å². The minimum atomic E-state index is -4.35. The number of alkyl halides is 3. The van der Waals surface area contributed by atoms with Gasteiger partial charge in [0.15, 0.2) is 0 Å². The molecule has 1 saturated heterocycles. The summed E-state index contributed by atoms with van der Waals surface area (Å²) in [6.07, 6.45) is -1.33. The molecule has 1 aliphatic rings. The minimum absolute atomic E-state index is 0.0502. The van der Waals surface area contributed by atoms with E-state index in [-0.39, 0.29) is 11.8 Å². The SMILES string of the molecule is O=C(Nc1cccc2cc[nH]c12)C1CCN(c2cccc(C(F)(F)F)c2)CC1. The van der Waals surface area contributed by atoms with Gasteiger partial charge in [0, 0.05) is 36.3 Å². The molecule has 0 atom stereocenters. The van der Waals surface area contributed by atoms with E-state index in [9.17, 15) is 18.0 Å². The third kappa shape index (κ3) is 3.69. The van der Waals surface area contributed by atoms with Gasteiger partial charge in [-0.25, -0.2) is 0 Å². The number of aromatic amines is 1. The summed E-state index contributed by atoms with van der Waals surface area (Å²) in [5.41, 5.74) is 1.53. The van der Waals surface area contributed by atoms with Crippen molar-refractivity contribution in [3.05, 3.63) is 60.3 Å². The van der Waals surface area contributed by atoms with E-state index in [0.29, 0.717) is 31.6 Å². The summed E-state index contributed by atoms with van der Waals surface area (Å²) in [6, 6.07) is 13.0. The van der Waals surface area contributed by atoms with E-state index in [1.165, 1.54) is 12.1 Å². The second kappa shape index (κ2) is 7.22. The van der Waals surface area contributed by atoms with Crippen LogP contribution in [0.4, 0.5) is 24.5 Å². The first kappa shape index (κ1) is 18.4. The van der Waals surface area contributed by atoms with E-state index in [0.717, 1.165) is 22.7 Å². The Morgan fingerprint density at radius 3 is 2.57 bits per heavy atom. The molecular weight excluding hydrogens is 367 g/mol. The van der Waals surface area contributed by atoms with Crippen molar-refractivity contribution in [1.29, 1.82) is 0 Å². The van der Waals surface area contributed by atoms with Crippen LogP contribution in [0.3, 0.4) is 0 Å². The molecule has 2 aromatic carbocycles. The lowest BCUT2D eigenvalue weighted by Crippen LogP contribution is -2.38.